The molecule has 0 spiro atoms. The third kappa shape index (κ3) is 4.60. The number of amides is 2. The van der Waals surface area contributed by atoms with Crippen LogP contribution in [0.1, 0.15) is 43.2 Å². The standard InChI is InChI=1S/C29H30N4O/c30-24-17-19-25(20-18-24)33-27-16-8-7-15-26(27)28(23-13-5-2-6-14-23)31-32(29(33)34)21-9-12-22-10-3-1-4-11-22/h1,3-4,7-12,15-20,23H,2,5-6,13-14,21,30H2/b12-9+. The molecule has 2 aliphatic rings. The van der Waals surface area contributed by atoms with E-state index in [0.29, 0.717) is 18.2 Å². The van der Waals surface area contributed by atoms with Gasteiger partial charge in [0.25, 0.3) is 0 Å². The molecule has 0 saturated heterocycles. The summed E-state index contributed by atoms with van der Waals surface area (Å²) in [7, 11) is 0. The highest BCUT2D eigenvalue weighted by Crippen LogP contribution is 2.37. The van der Waals surface area contributed by atoms with Crippen molar-refractivity contribution in [1.29, 1.82) is 0 Å². The van der Waals surface area contributed by atoms with Gasteiger partial charge in [0.15, 0.2) is 0 Å². The Balaban J connectivity index is 1.57. The van der Waals surface area contributed by atoms with E-state index in [0.717, 1.165) is 41.1 Å². The highest BCUT2D eigenvalue weighted by Gasteiger charge is 2.33. The fourth-order valence-electron chi connectivity index (χ4n) is 4.85. The van der Waals surface area contributed by atoms with Gasteiger partial charge in [-0.15, -0.1) is 0 Å². The molecule has 5 heteroatoms. The summed E-state index contributed by atoms with van der Waals surface area (Å²) in [5.74, 6) is 0.356. The number of carbonyl (C=O) groups excluding carboxylic acids is 1. The van der Waals surface area contributed by atoms with Crippen LogP contribution in [0.2, 0.25) is 0 Å². The first-order valence-corrected chi connectivity index (χ1v) is 12.1. The van der Waals surface area contributed by atoms with Gasteiger partial charge in [0, 0.05) is 17.2 Å². The zero-order valence-corrected chi connectivity index (χ0v) is 19.3. The van der Waals surface area contributed by atoms with E-state index in [1.54, 1.807) is 9.91 Å². The molecule has 0 radical (unpaired) electrons. The van der Waals surface area contributed by atoms with Crippen LogP contribution in [0.5, 0.6) is 0 Å². The minimum absolute atomic E-state index is 0.166. The molecule has 1 saturated carbocycles. The summed E-state index contributed by atoms with van der Waals surface area (Å²) < 4.78 is 0. The van der Waals surface area contributed by atoms with Gasteiger partial charge in [-0.3, -0.25) is 4.90 Å². The van der Waals surface area contributed by atoms with Crippen molar-refractivity contribution in [2.24, 2.45) is 11.0 Å². The molecule has 1 aliphatic carbocycles. The highest BCUT2D eigenvalue weighted by atomic mass is 16.2. The van der Waals surface area contributed by atoms with Crippen LogP contribution >= 0.6 is 0 Å². The number of hydrogen-bond donors (Lipinski definition) is 1. The Hall–Kier alpha value is -3.86. The van der Waals surface area contributed by atoms with Crippen LogP contribution in [0.4, 0.5) is 21.9 Å². The van der Waals surface area contributed by atoms with E-state index in [4.69, 9.17) is 10.8 Å². The molecular formula is C29H30N4O. The number of benzene rings is 3. The predicted molar refractivity (Wildman–Crippen MR) is 140 cm³/mol. The van der Waals surface area contributed by atoms with Crippen molar-refractivity contribution in [3.63, 3.8) is 0 Å². The van der Waals surface area contributed by atoms with Gasteiger partial charge >= 0.3 is 6.03 Å². The van der Waals surface area contributed by atoms with Crippen molar-refractivity contribution in [2.75, 3.05) is 17.2 Å². The Morgan fingerprint density at radius 2 is 1.59 bits per heavy atom. The lowest BCUT2D eigenvalue weighted by atomic mass is 9.83. The number of para-hydroxylation sites is 1. The number of urea groups is 1. The first-order valence-electron chi connectivity index (χ1n) is 12.1. The van der Waals surface area contributed by atoms with Crippen LogP contribution < -0.4 is 10.6 Å². The summed E-state index contributed by atoms with van der Waals surface area (Å²) >= 11 is 0. The molecular weight excluding hydrogens is 420 g/mol. The van der Waals surface area contributed by atoms with Crippen LogP contribution in [0.3, 0.4) is 0 Å². The van der Waals surface area contributed by atoms with Crippen molar-refractivity contribution in [3.05, 3.63) is 96.1 Å². The quantitative estimate of drug-likeness (QED) is 0.433. The Kier molecular flexibility index (Phi) is 6.43. The second-order valence-corrected chi connectivity index (χ2v) is 8.94. The lowest BCUT2D eigenvalue weighted by Crippen LogP contribution is -2.37. The van der Waals surface area contributed by atoms with E-state index in [9.17, 15) is 4.79 Å². The molecule has 172 valence electrons. The third-order valence-corrected chi connectivity index (χ3v) is 6.59. The number of hydrazone groups is 1. The van der Waals surface area contributed by atoms with Crippen LogP contribution in [0.25, 0.3) is 6.08 Å². The molecule has 5 nitrogen and oxygen atoms in total. The lowest BCUT2D eigenvalue weighted by Gasteiger charge is -2.26. The van der Waals surface area contributed by atoms with Crippen molar-refractivity contribution >= 4 is 34.9 Å². The van der Waals surface area contributed by atoms with E-state index in [-0.39, 0.29) is 6.03 Å². The maximum atomic E-state index is 13.9. The maximum absolute atomic E-state index is 13.9. The van der Waals surface area contributed by atoms with Crippen LogP contribution in [-0.4, -0.2) is 23.3 Å². The molecule has 0 bridgehead atoms. The molecule has 34 heavy (non-hydrogen) atoms. The molecule has 1 aliphatic heterocycles. The molecule has 3 aromatic carbocycles. The summed E-state index contributed by atoms with van der Waals surface area (Å²) in [4.78, 5) is 15.7. The molecule has 1 fully saturated rings. The third-order valence-electron chi connectivity index (χ3n) is 6.59. The number of anilines is 3. The molecule has 0 aromatic heterocycles. The SMILES string of the molecule is Nc1ccc(N2C(=O)N(C/C=C/c3ccccc3)N=C(C3CCCCC3)c3ccccc32)cc1. The van der Waals surface area contributed by atoms with Gasteiger partial charge < -0.3 is 5.73 Å². The van der Waals surface area contributed by atoms with E-state index in [1.165, 1.54) is 19.3 Å². The Labute approximate surface area is 201 Å². The Morgan fingerprint density at radius 3 is 2.35 bits per heavy atom. The Morgan fingerprint density at radius 1 is 0.882 bits per heavy atom. The largest absolute Gasteiger partial charge is 0.399 e. The average molecular weight is 451 g/mol. The van der Waals surface area contributed by atoms with E-state index >= 15 is 0 Å². The number of fused-ring (bicyclic) bond motifs is 1. The molecule has 2 N–H and O–H groups in total. The second-order valence-electron chi connectivity index (χ2n) is 8.94. The molecule has 1 heterocycles. The number of hydrogen-bond acceptors (Lipinski definition) is 3. The van der Waals surface area contributed by atoms with Gasteiger partial charge in [-0.25, -0.2) is 9.80 Å². The maximum Gasteiger partial charge on any atom is 0.349 e. The van der Waals surface area contributed by atoms with E-state index in [2.05, 4.69) is 6.07 Å². The van der Waals surface area contributed by atoms with Crippen molar-refractivity contribution in [1.82, 2.24) is 5.01 Å². The number of nitrogens with zero attached hydrogens (tertiary/aromatic N) is 3. The smallest absolute Gasteiger partial charge is 0.349 e. The van der Waals surface area contributed by atoms with Crippen LogP contribution in [0.15, 0.2) is 90.0 Å². The van der Waals surface area contributed by atoms with Crippen LogP contribution in [-0.2, 0) is 0 Å². The first kappa shape index (κ1) is 22.0. The summed E-state index contributed by atoms with van der Waals surface area (Å²) in [5.41, 5.74) is 11.4. The highest BCUT2D eigenvalue weighted by molar-refractivity contribution is 6.13. The summed E-state index contributed by atoms with van der Waals surface area (Å²) in [6.07, 6.45) is 9.94. The van der Waals surface area contributed by atoms with Gasteiger partial charge in [-0.2, -0.15) is 5.10 Å². The zero-order chi connectivity index (χ0) is 23.3. The second kappa shape index (κ2) is 9.96. The predicted octanol–water partition coefficient (Wildman–Crippen LogP) is 6.84. The molecule has 0 unspecified atom stereocenters. The Bertz CT molecular complexity index is 1190. The van der Waals surface area contributed by atoms with Gasteiger partial charge in [0.2, 0.25) is 0 Å². The monoisotopic (exact) mass is 450 g/mol. The number of nitrogen functional groups attached to an aromatic ring is 1. The number of nitrogens with two attached hydrogens (primary N) is 1. The molecule has 3 aromatic rings. The van der Waals surface area contributed by atoms with Crippen molar-refractivity contribution < 1.29 is 4.79 Å². The van der Waals surface area contributed by atoms with Gasteiger partial charge in [0.05, 0.1) is 23.6 Å². The van der Waals surface area contributed by atoms with Gasteiger partial charge in [-0.1, -0.05) is 79.9 Å². The van der Waals surface area contributed by atoms with Gasteiger partial charge in [0.1, 0.15) is 0 Å². The minimum atomic E-state index is -0.166. The summed E-state index contributed by atoms with van der Waals surface area (Å²) in [6, 6.07) is 25.5. The fraction of sp³-hybridized carbons (Fsp3) is 0.241. The normalized spacial score (nSPS) is 16.9. The number of rotatable bonds is 5. The first-order chi connectivity index (χ1) is 16.7. The average Bonchev–Trinajstić information content (AvgIpc) is 3.00. The van der Waals surface area contributed by atoms with Crippen molar-refractivity contribution in [3.8, 4) is 0 Å². The summed E-state index contributed by atoms with van der Waals surface area (Å²) in [5, 5.41) is 6.64. The number of carbonyl (C=O) groups is 1. The minimum Gasteiger partial charge on any atom is -0.399 e. The van der Waals surface area contributed by atoms with Gasteiger partial charge in [-0.05, 0) is 48.7 Å². The zero-order valence-electron chi connectivity index (χ0n) is 19.3. The molecule has 5 rings (SSSR count). The topological polar surface area (TPSA) is 61.9 Å². The van der Waals surface area contributed by atoms with E-state index in [1.807, 2.05) is 84.9 Å². The molecule has 0 atom stereocenters. The fourth-order valence-corrected chi connectivity index (χ4v) is 4.85. The summed E-state index contributed by atoms with van der Waals surface area (Å²) in [6.45, 7) is 0.392. The molecule has 2 amide bonds. The van der Waals surface area contributed by atoms with Crippen molar-refractivity contribution in [2.45, 2.75) is 32.1 Å². The van der Waals surface area contributed by atoms with Crippen LogP contribution in [0, 0.1) is 5.92 Å². The lowest BCUT2D eigenvalue weighted by molar-refractivity contribution is 0.215. The van der Waals surface area contributed by atoms with E-state index < -0.39 is 0 Å².